The Hall–Kier alpha value is -2.27. The fourth-order valence-electron chi connectivity index (χ4n) is 3.86. The van der Waals surface area contributed by atoms with Crippen molar-refractivity contribution in [1.82, 2.24) is 14.3 Å². The highest BCUT2D eigenvalue weighted by molar-refractivity contribution is 8.26. The normalized spacial score (nSPS) is 18.6. The maximum atomic E-state index is 13.2. The average Bonchev–Trinajstić information content (AvgIpc) is 3.38. The van der Waals surface area contributed by atoms with E-state index in [1.807, 2.05) is 6.07 Å². The molecule has 10 heteroatoms. The number of rotatable bonds is 8. The number of aromatic nitrogens is 2. The van der Waals surface area contributed by atoms with Crippen molar-refractivity contribution in [3.63, 3.8) is 0 Å². The van der Waals surface area contributed by atoms with Crippen LogP contribution in [0.3, 0.4) is 0 Å². The molecule has 2 aromatic heterocycles. The minimum absolute atomic E-state index is 0.0519. The summed E-state index contributed by atoms with van der Waals surface area (Å²) in [6.45, 7) is 0.939. The van der Waals surface area contributed by atoms with Gasteiger partial charge >= 0.3 is 0 Å². The number of nitrogens with zero attached hydrogens (tertiary/aromatic N) is 3. The molecule has 0 atom stereocenters. The number of fused-ring (bicyclic) bond motifs is 1. The van der Waals surface area contributed by atoms with E-state index < -0.39 is 0 Å². The Morgan fingerprint density at radius 2 is 2.10 bits per heavy atom. The van der Waals surface area contributed by atoms with Gasteiger partial charge in [0.05, 0.1) is 30.3 Å². The van der Waals surface area contributed by atoms with E-state index in [4.69, 9.17) is 22.1 Å². The van der Waals surface area contributed by atoms with E-state index in [1.165, 1.54) is 16.2 Å². The molecule has 1 amide bonds. The largest absolute Gasteiger partial charge is 0.394 e. The first-order valence-electron chi connectivity index (χ1n) is 10.3. The predicted molar refractivity (Wildman–Crippen MR) is 125 cm³/mol. The highest BCUT2D eigenvalue weighted by Crippen LogP contribution is 2.38. The molecule has 1 saturated heterocycles. The molecule has 8 nitrogen and oxygen atoms in total. The molecule has 0 unspecified atom stereocenters. The molecular weight excluding hydrogens is 436 g/mol. The van der Waals surface area contributed by atoms with Gasteiger partial charge in [-0.1, -0.05) is 42.9 Å². The number of carbonyl (C=O) groups is 1. The van der Waals surface area contributed by atoms with Gasteiger partial charge in [-0.25, -0.2) is 4.98 Å². The summed E-state index contributed by atoms with van der Waals surface area (Å²) in [5.41, 5.74) is 0.537. The smallest absolute Gasteiger partial charge is 0.267 e. The maximum Gasteiger partial charge on any atom is 0.267 e. The SMILES string of the molecule is O=C1/C(=C\c2c(NCCOCCO)nc3ccccn3c2=O)SC(=S)N1C1CCCC1. The minimum Gasteiger partial charge on any atom is -0.394 e. The Kier molecular flexibility index (Phi) is 7.01. The third-order valence-corrected chi connectivity index (χ3v) is 6.66. The lowest BCUT2D eigenvalue weighted by Gasteiger charge is -2.21. The van der Waals surface area contributed by atoms with Crippen LogP contribution in [0.1, 0.15) is 31.2 Å². The second-order valence-electron chi connectivity index (χ2n) is 7.36. The summed E-state index contributed by atoms with van der Waals surface area (Å²) in [4.78, 5) is 33.0. The summed E-state index contributed by atoms with van der Waals surface area (Å²) < 4.78 is 7.28. The van der Waals surface area contributed by atoms with E-state index in [1.54, 1.807) is 29.3 Å². The van der Waals surface area contributed by atoms with Crippen molar-refractivity contribution in [1.29, 1.82) is 0 Å². The van der Waals surface area contributed by atoms with Crippen LogP contribution in [0.15, 0.2) is 34.1 Å². The Balaban J connectivity index is 1.67. The van der Waals surface area contributed by atoms with Crippen LogP contribution in [0.25, 0.3) is 11.7 Å². The average molecular weight is 461 g/mol. The fraction of sp³-hybridized carbons (Fsp3) is 0.429. The number of thioether (sulfide) groups is 1. The number of nitrogens with one attached hydrogen (secondary N) is 1. The Bertz CT molecular complexity index is 1080. The zero-order chi connectivity index (χ0) is 21.8. The van der Waals surface area contributed by atoms with Gasteiger partial charge in [-0.05, 0) is 31.1 Å². The number of thiocarbonyl (C=S) groups is 1. The first-order chi connectivity index (χ1) is 15.1. The van der Waals surface area contributed by atoms with Crippen LogP contribution >= 0.6 is 24.0 Å². The zero-order valence-corrected chi connectivity index (χ0v) is 18.6. The minimum atomic E-state index is -0.268. The summed E-state index contributed by atoms with van der Waals surface area (Å²) in [6.07, 6.45) is 7.37. The highest BCUT2D eigenvalue weighted by Gasteiger charge is 2.38. The van der Waals surface area contributed by atoms with E-state index in [-0.39, 0.29) is 30.7 Å². The number of anilines is 1. The fourth-order valence-corrected chi connectivity index (χ4v) is 5.25. The molecule has 2 aliphatic rings. The van der Waals surface area contributed by atoms with E-state index in [9.17, 15) is 9.59 Å². The van der Waals surface area contributed by atoms with Crippen LogP contribution in [-0.2, 0) is 9.53 Å². The summed E-state index contributed by atoms with van der Waals surface area (Å²) in [7, 11) is 0. The van der Waals surface area contributed by atoms with Gasteiger partial charge in [0.1, 0.15) is 15.8 Å². The summed E-state index contributed by atoms with van der Waals surface area (Å²) in [6, 6.07) is 5.46. The number of hydrogen-bond donors (Lipinski definition) is 2. The molecule has 2 fully saturated rings. The van der Waals surface area contributed by atoms with Gasteiger partial charge in [0.15, 0.2) is 0 Å². The van der Waals surface area contributed by atoms with E-state index in [0.29, 0.717) is 39.4 Å². The first-order valence-corrected chi connectivity index (χ1v) is 11.5. The molecule has 164 valence electrons. The lowest BCUT2D eigenvalue weighted by atomic mass is 10.2. The van der Waals surface area contributed by atoms with Gasteiger partial charge in [-0.2, -0.15) is 0 Å². The van der Waals surface area contributed by atoms with Crippen LogP contribution in [0.5, 0.6) is 0 Å². The number of carbonyl (C=O) groups excluding carboxylic acids is 1. The molecule has 31 heavy (non-hydrogen) atoms. The molecule has 0 aromatic carbocycles. The van der Waals surface area contributed by atoms with Crippen molar-refractivity contribution in [2.75, 3.05) is 31.7 Å². The molecule has 1 aliphatic carbocycles. The van der Waals surface area contributed by atoms with Crippen LogP contribution in [0, 0.1) is 0 Å². The second-order valence-corrected chi connectivity index (χ2v) is 9.04. The Morgan fingerprint density at radius 3 is 2.87 bits per heavy atom. The van der Waals surface area contributed by atoms with Crippen LogP contribution < -0.4 is 10.9 Å². The molecule has 2 aromatic rings. The van der Waals surface area contributed by atoms with Crippen molar-refractivity contribution in [3.8, 4) is 0 Å². The van der Waals surface area contributed by atoms with Crippen LogP contribution in [0.2, 0.25) is 0 Å². The lowest BCUT2D eigenvalue weighted by Crippen LogP contribution is -2.36. The number of pyridine rings is 1. The van der Waals surface area contributed by atoms with Crippen LogP contribution in [-0.4, -0.2) is 62.0 Å². The van der Waals surface area contributed by atoms with Gasteiger partial charge < -0.3 is 15.2 Å². The number of hydrogen-bond acceptors (Lipinski definition) is 8. The van der Waals surface area contributed by atoms with Gasteiger partial charge in [0, 0.05) is 18.8 Å². The summed E-state index contributed by atoms with van der Waals surface area (Å²) in [5, 5.41) is 12.0. The van der Waals surface area contributed by atoms with Crippen molar-refractivity contribution >= 4 is 51.7 Å². The molecule has 0 radical (unpaired) electrons. The topological polar surface area (TPSA) is 96.2 Å². The number of aliphatic hydroxyl groups excluding tert-OH is 1. The number of ether oxygens (including phenoxy) is 1. The molecule has 4 rings (SSSR count). The third-order valence-electron chi connectivity index (χ3n) is 5.33. The van der Waals surface area contributed by atoms with Gasteiger partial charge in [0.25, 0.3) is 11.5 Å². The number of amides is 1. The Morgan fingerprint density at radius 1 is 1.29 bits per heavy atom. The van der Waals surface area contributed by atoms with Crippen molar-refractivity contribution in [2.24, 2.45) is 0 Å². The summed E-state index contributed by atoms with van der Waals surface area (Å²) in [5.74, 6) is 0.242. The Labute approximate surface area is 189 Å². The molecular formula is C21H24N4O4S2. The monoisotopic (exact) mass is 460 g/mol. The first kappa shape index (κ1) is 21.9. The third kappa shape index (κ3) is 4.67. The van der Waals surface area contributed by atoms with E-state index in [0.717, 1.165) is 25.7 Å². The van der Waals surface area contributed by atoms with Gasteiger partial charge in [0.2, 0.25) is 0 Å². The maximum absolute atomic E-state index is 13.2. The zero-order valence-electron chi connectivity index (χ0n) is 17.0. The van der Waals surface area contributed by atoms with Crippen molar-refractivity contribution < 1.29 is 14.6 Å². The molecule has 2 N–H and O–H groups in total. The second kappa shape index (κ2) is 9.90. The predicted octanol–water partition coefficient (Wildman–Crippen LogP) is 2.26. The van der Waals surface area contributed by atoms with Gasteiger partial charge in [-0.3, -0.25) is 18.9 Å². The molecule has 0 bridgehead atoms. The quantitative estimate of drug-likeness (QED) is 0.352. The molecule has 1 saturated carbocycles. The molecule has 3 heterocycles. The lowest BCUT2D eigenvalue weighted by molar-refractivity contribution is -0.123. The van der Waals surface area contributed by atoms with Crippen molar-refractivity contribution in [3.05, 3.63) is 45.2 Å². The standard InChI is InChI=1S/C21H24N4O4S2/c26-10-12-29-11-8-22-18-15(19(27)24-9-4-3-7-17(24)23-18)13-16-20(28)25(21(30)31-16)14-5-1-2-6-14/h3-4,7,9,13-14,22,26H,1-2,5-6,8,10-12H2/b16-13+. The van der Waals surface area contributed by atoms with E-state index in [2.05, 4.69) is 10.3 Å². The van der Waals surface area contributed by atoms with Gasteiger partial charge in [-0.15, -0.1) is 0 Å². The summed E-state index contributed by atoms with van der Waals surface area (Å²) >= 11 is 6.71. The molecule has 0 spiro atoms. The number of aliphatic hydroxyl groups is 1. The van der Waals surface area contributed by atoms with Crippen molar-refractivity contribution in [2.45, 2.75) is 31.7 Å². The highest BCUT2D eigenvalue weighted by atomic mass is 32.2. The van der Waals surface area contributed by atoms with Crippen LogP contribution in [0.4, 0.5) is 5.82 Å². The van der Waals surface area contributed by atoms with E-state index >= 15 is 0 Å². The molecule has 1 aliphatic heterocycles.